The summed E-state index contributed by atoms with van der Waals surface area (Å²) in [5, 5.41) is 0. The van der Waals surface area contributed by atoms with Gasteiger partial charge in [0.1, 0.15) is 0 Å². The molecule has 0 heterocycles. The van der Waals surface area contributed by atoms with Crippen molar-refractivity contribution in [1.29, 1.82) is 0 Å². The van der Waals surface area contributed by atoms with Crippen molar-refractivity contribution >= 4 is 15.9 Å². The fourth-order valence-corrected chi connectivity index (χ4v) is 1.70. The monoisotopic (exact) mass is 270 g/mol. The lowest BCUT2D eigenvalue weighted by molar-refractivity contribution is 0.117. The third-order valence-electron chi connectivity index (χ3n) is 2.36. The average Bonchev–Trinajstić information content (AvgIpc) is 2.29. The molecular formula is C13H19BrO. The summed E-state index contributed by atoms with van der Waals surface area (Å²) in [7, 11) is 0. The van der Waals surface area contributed by atoms with E-state index in [1.165, 1.54) is 18.4 Å². The summed E-state index contributed by atoms with van der Waals surface area (Å²) in [6.07, 6.45) is 3.53. The Balaban J connectivity index is 2.03. The van der Waals surface area contributed by atoms with Gasteiger partial charge in [-0.05, 0) is 24.8 Å². The second-order valence-electron chi connectivity index (χ2n) is 3.69. The molecule has 1 rings (SSSR count). The molecule has 0 aliphatic rings. The first-order valence-corrected chi connectivity index (χ1v) is 6.50. The molecule has 1 nitrogen and oxygen atoms in total. The third-order valence-corrected chi connectivity index (χ3v) is 3.47. The summed E-state index contributed by atoms with van der Waals surface area (Å²) in [4.78, 5) is 0.651. The summed E-state index contributed by atoms with van der Waals surface area (Å²) in [5.74, 6) is 0. The second kappa shape index (κ2) is 7.89. The molecule has 0 spiro atoms. The zero-order valence-electron chi connectivity index (χ0n) is 9.29. The van der Waals surface area contributed by atoms with Crippen LogP contribution in [0.5, 0.6) is 0 Å². The molecule has 0 amide bonds. The van der Waals surface area contributed by atoms with Crippen molar-refractivity contribution in [2.75, 3.05) is 6.61 Å². The van der Waals surface area contributed by atoms with Crippen molar-refractivity contribution in [2.24, 2.45) is 0 Å². The van der Waals surface area contributed by atoms with Gasteiger partial charge >= 0.3 is 0 Å². The van der Waals surface area contributed by atoms with Gasteiger partial charge in [-0.25, -0.2) is 0 Å². The van der Waals surface area contributed by atoms with Crippen molar-refractivity contribution < 1.29 is 4.74 Å². The first kappa shape index (κ1) is 12.7. The molecule has 2 heteroatoms. The first-order chi connectivity index (χ1) is 7.33. The minimum absolute atomic E-state index is 0.651. The van der Waals surface area contributed by atoms with Crippen LogP contribution < -0.4 is 0 Å². The molecule has 0 aliphatic carbocycles. The lowest BCUT2D eigenvalue weighted by Gasteiger charge is -2.07. The average molecular weight is 271 g/mol. The van der Waals surface area contributed by atoms with Crippen molar-refractivity contribution in [1.82, 2.24) is 0 Å². The minimum Gasteiger partial charge on any atom is -0.377 e. The molecule has 1 unspecified atom stereocenters. The van der Waals surface area contributed by atoms with E-state index in [-0.39, 0.29) is 0 Å². The van der Waals surface area contributed by atoms with Crippen LogP contribution in [0, 0.1) is 0 Å². The van der Waals surface area contributed by atoms with Crippen LogP contribution in [0.15, 0.2) is 30.3 Å². The Bertz CT molecular complexity index is 248. The molecule has 1 aromatic carbocycles. The lowest BCUT2D eigenvalue weighted by Crippen LogP contribution is -2.00. The van der Waals surface area contributed by atoms with E-state index in [9.17, 15) is 0 Å². The molecular weight excluding hydrogens is 252 g/mol. The third kappa shape index (κ3) is 5.95. The highest BCUT2D eigenvalue weighted by Crippen LogP contribution is 2.11. The van der Waals surface area contributed by atoms with E-state index in [4.69, 9.17) is 4.74 Å². The van der Waals surface area contributed by atoms with Crippen LogP contribution >= 0.6 is 15.9 Å². The maximum absolute atomic E-state index is 5.59. The fourth-order valence-electron chi connectivity index (χ4n) is 1.38. The Hall–Kier alpha value is -0.340. The number of hydrogen-bond donors (Lipinski definition) is 0. The van der Waals surface area contributed by atoms with Crippen molar-refractivity contribution in [3.8, 4) is 0 Å². The van der Waals surface area contributed by atoms with Crippen LogP contribution in [0.1, 0.15) is 31.7 Å². The smallest absolute Gasteiger partial charge is 0.0716 e. The normalized spacial score (nSPS) is 12.7. The Morgan fingerprint density at radius 3 is 2.67 bits per heavy atom. The predicted octanol–water partition coefficient (Wildman–Crippen LogP) is 4.16. The highest BCUT2D eigenvalue weighted by atomic mass is 79.9. The summed E-state index contributed by atoms with van der Waals surface area (Å²) in [6, 6.07) is 10.3. The second-order valence-corrected chi connectivity index (χ2v) is 4.98. The molecule has 0 radical (unpaired) electrons. The minimum atomic E-state index is 0.651. The van der Waals surface area contributed by atoms with E-state index < -0.39 is 0 Å². The maximum Gasteiger partial charge on any atom is 0.0716 e. The van der Waals surface area contributed by atoms with Crippen LogP contribution in [0.25, 0.3) is 0 Å². The van der Waals surface area contributed by atoms with Crippen molar-refractivity contribution in [3.05, 3.63) is 35.9 Å². The highest BCUT2D eigenvalue weighted by Gasteiger charge is 1.99. The van der Waals surface area contributed by atoms with Gasteiger partial charge in [-0.15, -0.1) is 0 Å². The topological polar surface area (TPSA) is 9.23 Å². The zero-order valence-corrected chi connectivity index (χ0v) is 10.9. The number of alkyl halides is 1. The Labute approximate surface area is 101 Å². The molecule has 0 fully saturated rings. The number of rotatable bonds is 7. The Morgan fingerprint density at radius 1 is 1.27 bits per heavy atom. The van der Waals surface area contributed by atoms with Gasteiger partial charge in [0.15, 0.2) is 0 Å². The van der Waals surface area contributed by atoms with Gasteiger partial charge in [-0.3, -0.25) is 0 Å². The van der Waals surface area contributed by atoms with Gasteiger partial charge in [-0.2, -0.15) is 0 Å². The number of hydrogen-bond acceptors (Lipinski definition) is 1. The predicted molar refractivity (Wildman–Crippen MR) is 68.3 cm³/mol. The molecule has 0 saturated carbocycles. The van der Waals surface area contributed by atoms with E-state index in [0.29, 0.717) is 4.83 Å². The summed E-state index contributed by atoms with van der Waals surface area (Å²) >= 11 is 3.62. The quantitative estimate of drug-likeness (QED) is 0.534. The van der Waals surface area contributed by atoms with Gasteiger partial charge in [-0.1, -0.05) is 53.2 Å². The number of ether oxygens (including phenoxy) is 1. The first-order valence-electron chi connectivity index (χ1n) is 5.58. The summed E-state index contributed by atoms with van der Waals surface area (Å²) < 4.78 is 5.59. The van der Waals surface area contributed by atoms with Crippen LogP contribution in [0.3, 0.4) is 0 Å². The highest BCUT2D eigenvalue weighted by molar-refractivity contribution is 9.09. The molecule has 0 aliphatic heterocycles. The van der Waals surface area contributed by atoms with Crippen LogP contribution in [0.4, 0.5) is 0 Å². The number of halogens is 1. The van der Waals surface area contributed by atoms with Crippen LogP contribution in [-0.2, 0) is 11.3 Å². The van der Waals surface area contributed by atoms with E-state index in [1.54, 1.807) is 0 Å². The molecule has 1 atom stereocenters. The molecule has 0 aromatic heterocycles. The molecule has 15 heavy (non-hydrogen) atoms. The van der Waals surface area contributed by atoms with Gasteiger partial charge in [0.2, 0.25) is 0 Å². The van der Waals surface area contributed by atoms with Crippen molar-refractivity contribution in [2.45, 2.75) is 37.6 Å². The van der Waals surface area contributed by atoms with Gasteiger partial charge in [0.25, 0.3) is 0 Å². The fraction of sp³-hybridized carbons (Fsp3) is 0.538. The van der Waals surface area contributed by atoms with Gasteiger partial charge in [0.05, 0.1) is 6.61 Å². The van der Waals surface area contributed by atoms with E-state index in [2.05, 4.69) is 35.0 Å². The standard InChI is InChI=1S/C13H19BrO/c1-2-13(14)9-6-10-15-11-12-7-4-3-5-8-12/h3-5,7-8,13H,2,6,9-11H2,1H3. The van der Waals surface area contributed by atoms with E-state index >= 15 is 0 Å². The number of benzene rings is 1. The molecule has 0 N–H and O–H groups in total. The molecule has 0 saturated heterocycles. The Morgan fingerprint density at radius 2 is 2.00 bits per heavy atom. The largest absolute Gasteiger partial charge is 0.377 e. The van der Waals surface area contributed by atoms with Gasteiger partial charge in [0, 0.05) is 11.4 Å². The van der Waals surface area contributed by atoms with E-state index in [1.807, 2.05) is 18.2 Å². The van der Waals surface area contributed by atoms with Crippen molar-refractivity contribution in [3.63, 3.8) is 0 Å². The van der Waals surface area contributed by atoms with E-state index in [0.717, 1.165) is 19.6 Å². The van der Waals surface area contributed by atoms with Crippen LogP contribution in [0.2, 0.25) is 0 Å². The summed E-state index contributed by atoms with van der Waals surface area (Å²) in [5.41, 5.74) is 1.25. The molecule has 84 valence electrons. The zero-order chi connectivity index (χ0) is 10.9. The SMILES string of the molecule is CCC(Br)CCCOCc1ccccc1. The van der Waals surface area contributed by atoms with Crippen LogP contribution in [-0.4, -0.2) is 11.4 Å². The summed E-state index contributed by atoms with van der Waals surface area (Å²) in [6.45, 7) is 3.79. The molecule has 1 aromatic rings. The Kier molecular flexibility index (Phi) is 6.69. The lowest BCUT2D eigenvalue weighted by atomic mass is 10.2. The maximum atomic E-state index is 5.59. The van der Waals surface area contributed by atoms with Gasteiger partial charge < -0.3 is 4.74 Å². The molecule has 0 bridgehead atoms.